The van der Waals surface area contributed by atoms with Gasteiger partial charge in [0.15, 0.2) is 6.10 Å². The Morgan fingerprint density at radius 2 is 1.76 bits per heavy atom. The Hall–Kier alpha value is -2.38. The number of esters is 3. The van der Waals surface area contributed by atoms with Crippen LogP contribution < -0.4 is 0 Å². The number of rotatable bonds is 4. The number of hydrogen-bond acceptors (Lipinski definition) is 12. The fraction of sp³-hybridized carbons (Fsp3) is 0.818. The third-order valence-corrected chi connectivity index (χ3v) is 12.7. The first-order valence-electron chi connectivity index (χ1n) is 16.4. The molecule has 12 nitrogen and oxygen atoms in total. The van der Waals surface area contributed by atoms with Crippen molar-refractivity contribution >= 4 is 24.2 Å². The summed E-state index contributed by atoms with van der Waals surface area (Å²) in [5.41, 5.74) is -2.12. The van der Waals surface area contributed by atoms with Crippen LogP contribution in [0.2, 0.25) is 0 Å². The number of ether oxygens (including phenoxy) is 6. The summed E-state index contributed by atoms with van der Waals surface area (Å²) in [4.78, 5) is 49.6. The molecule has 7 aliphatic rings. The van der Waals surface area contributed by atoms with Crippen molar-refractivity contribution in [3.8, 4) is 0 Å². The minimum Gasteiger partial charge on any atom is -0.462 e. The van der Waals surface area contributed by atoms with Crippen LogP contribution in [-0.2, 0) is 47.6 Å². The smallest absolute Gasteiger partial charge is 0.331 e. The van der Waals surface area contributed by atoms with Crippen LogP contribution in [0, 0.1) is 34.5 Å². The second kappa shape index (κ2) is 10.6. The fourth-order valence-corrected chi connectivity index (χ4v) is 10.9. The van der Waals surface area contributed by atoms with Gasteiger partial charge in [-0.15, -0.1) is 0 Å². The van der Waals surface area contributed by atoms with E-state index in [2.05, 4.69) is 0 Å². The molecule has 3 heterocycles. The molecule has 3 aliphatic heterocycles. The number of carbonyl (C=O) groups excluding carboxylic acids is 4. The number of cyclic esters (lactones) is 1. The Bertz CT molecular complexity index is 1310. The van der Waals surface area contributed by atoms with Gasteiger partial charge in [0.1, 0.15) is 19.0 Å². The van der Waals surface area contributed by atoms with E-state index >= 15 is 0 Å². The van der Waals surface area contributed by atoms with E-state index in [0.29, 0.717) is 32.1 Å². The summed E-state index contributed by atoms with van der Waals surface area (Å²) in [6, 6.07) is 0. The van der Waals surface area contributed by atoms with Gasteiger partial charge in [-0.3, -0.25) is 9.59 Å². The summed E-state index contributed by atoms with van der Waals surface area (Å²) in [6.07, 6.45) is 2.09. The van der Waals surface area contributed by atoms with Gasteiger partial charge >= 0.3 is 17.9 Å². The van der Waals surface area contributed by atoms with Gasteiger partial charge in [-0.2, -0.15) is 0 Å². The number of hydrogen-bond donors (Lipinski definition) is 2. The number of fused-ring (bicyclic) bond motifs is 7. The first-order valence-corrected chi connectivity index (χ1v) is 16.4. The van der Waals surface area contributed by atoms with Crippen molar-refractivity contribution < 1.29 is 57.8 Å². The van der Waals surface area contributed by atoms with Crippen molar-refractivity contribution in [3.63, 3.8) is 0 Å². The highest BCUT2D eigenvalue weighted by atomic mass is 16.8. The maximum atomic E-state index is 13.4. The second-order valence-corrected chi connectivity index (χ2v) is 14.9. The average Bonchev–Trinajstić information content (AvgIpc) is 3.47. The molecule has 2 saturated heterocycles. The Balaban J connectivity index is 1.20. The fourth-order valence-electron chi connectivity index (χ4n) is 10.9. The predicted molar refractivity (Wildman–Crippen MR) is 152 cm³/mol. The largest absolute Gasteiger partial charge is 0.462 e. The predicted octanol–water partition coefficient (Wildman–Crippen LogP) is 2.11. The number of aliphatic hydroxyl groups is 2. The molecule has 0 amide bonds. The molecule has 248 valence electrons. The van der Waals surface area contributed by atoms with E-state index in [9.17, 15) is 29.4 Å². The first-order chi connectivity index (χ1) is 21.2. The van der Waals surface area contributed by atoms with Gasteiger partial charge in [0, 0.05) is 49.5 Å². The molecule has 0 aromatic carbocycles. The van der Waals surface area contributed by atoms with Gasteiger partial charge in [0.25, 0.3) is 5.79 Å². The van der Waals surface area contributed by atoms with Crippen LogP contribution in [0.3, 0.4) is 0 Å². The lowest BCUT2D eigenvalue weighted by Crippen LogP contribution is -2.71. The van der Waals surface area contributed by atoms with Crippen molar-refractivity contribution in [2.75, 3.05) is 6.61 Å². The van der Waals surface area contributed by atoms with Crippen molar-refractivity contribution in [1.29, 1.82) is 0 Å². The molecule has 0 radical (unpaired) electrons. The second-order valence-electron chi connectivity index (χ2n) is 14.9. The van der Waals surface area contributed by atoms with E-state index in [0.717, 1.165) is 11.9 Å². The maximum Gasteiger partial charge on any atom is 0.331 e. The van der Waals surface area contributed by atoms with E-state index in [4.69, 9.17) is 28.4 Å². The highest BCUT2D eigenvalue weighted by Crippen LogP contribution is 2.70. The van der Waals surface area contributed by atoms with Gasteiger partial charge in [-0.1, -0.05) is 6.92 Å². The lowest BCUT2D eigenvalue weighted by Gasteiger charge is -2.64. The molecule has 2 N–H and O–H groups in total. The Kier molecular flexibility index (Phi) is 7.33. The quantitative estimate of drug-likeness (QED) is 0.201. The van der Waals surface area contributed by atoms with Crippen LogP contribution in [0.15, 0.2) is 11.6 Å². The normalized spacial score (nSPS) is 51.7. The summed E-state index contributed by atoms with van der Waals surface area (Å²) in [7, 11) is 0. The van der Waals surface area contributed by atoms with Crippen molar-refractivity contribution in [3.05, 3.63) is 11.6 Å². The molecule has 14 atom stereocenters. The topological polar surface area (TPSA) is 164 Å². The van der Waals surface area contributed by atoms with E-state index in [1.807, 2.05) is 13.8 Å². The minimum absolute atomic E-state index is 0.0319. The summed E-state index contributed by atoms with van der Waals surface area (Å²) < 4.78 is 35.2. The molecule has 4 saturated carbocycles. The Morgan fingerprint density at radius 1 is 1.00 bits per heavy atom. The van der Waals surface area contributed by atoms with E-state index in [1.54, 1.807) is 0 Å². The Labute approximate surface area is 262 Å². The summed E-state index contributed by atoms with van der Waals surface area (Å²) in [5, 5.41) is 24.5. The third-order valence-electron chi connectivity index (χ3n) is 12.7. The molecular weight excluding hydrogens is 588 g/mol. The van der Waals surface area contributed by atoms with Gasteiger partial charge < -0.3 is 43.4 Å². The molecule has 0 bridgehead atoms. The molecule has 4 aliphatic carbocycles. The van der Waals surface area contributed by atoms with E-state index in [1.165, 1.54) is 19.9 Å². The van der Waals surface area contributed by atoms with Crippen LogP contribution in [0.4, 0.5) is 0 Å². The molecule has 0 unspecified atom stereocenters. The van der Waals surface area contributed by atoms with Crippen LogP contribution in [0.1, 0.15) is 79.1 Å². The molecule has 0 aromatic rings. The molecule has 0 spiro atoms. The van der Waals surface area contributed by atoms with Gasteiger partial charge in [-0.25, -0.2) is 4.79 Å². The lowest BCUT2D eigenvalue weighted by molar-refractivity contribution is -0.457. The van der Waals surface area contributed by atoms with Gasteiger partial charge in [0.2, 0.25) is 6.29 Å². The highest BCUT2D eigenvalue weighted by molar-refractivity contribution is 5.85. The van der Waals surface area contributed by atoms with Gasteiger partial charge in [-0.05, 0) is 68.8 Å². The molecule has 0 aromatic heterocycles. The van der Waals surface area contributed by atoms with Crippen LogP contribution in [0.5, 0.6) is 0 Å². The molecule has 12 heteroatoms. The molecular formula is C33H44O12. The van der Waals surface area contributed by atoms with Crippen LogP contribution in [0.25, 0.3) is 0 Å². The average molecular weight is 633 g/mol. The Morgan fingerprint density at radius 3 is 2.42 bits per heavy atom. The van der Waals surface area contributed by atoms with E-state index < -0.39 is 76.7 Å². The zero-order valence-corrected chi connectivity index (χ0v) is 26.3. The molecule has 7 rings (SSSR count). The van der Waals surface area contributed by atoms with Gasteiger partial charge in [0.05, 0.1) is 23.9 Å². The lowest BCUT2D eigenvalue weighted by atomic mass is 9.42. The van der Waals surface area contributed by atoms with Crippen LogP contribution >= 0.6 is 0 Å². The van der Waals surface area contributed by atoms with Crippen molar-refractivity contribution in [2.45, 2.75) is 127 Å². The standard InChI is InChI=1S/C33H44O12/c1-16-9-26(43-18(3)36)33(39)29(41-16)44-23-11-20-5-6-22-21(31(20,15-34)12-24(23)45-33)7-8-30(4)28(19-10-27(37)40-14-19)25(42-17(2)35)13-32(22,30)38/h10,15-16,20-26,28-29,38-39H,5-9,11-14H2,1-4H3/t16-,20+,21-,22-,23+,24+,25+,26-,28-,29+,30+,31+,32-,33+/m1/s1. The number of aldehydes is 1. The summed E-state index contributed by atoms with van der Waals surface area (Å²) in [5.74, 6) is -4.37. The SMILES string of the molecule is CC(=O)O[C@H]1C[C@@]2(O)[C@@H]3CC[C@H]4C[C@@H]5O[C@@H]6O[C@H](C)C[C@@H](OC(C)=O)[C@]6(O)O[C@H]5C[C@@]4(C=O)[C@@H]3CC[C@@]2(C)[C@@H]1C1=CC(=O)OC1. The van der Waals surface area contributed by atoms with Crippen molar-refractivity contribution in [1.82, 2.24) is 0 Å². The highest BCUT2D eigenvalue weighted by Gasteiger charge is 2.73. The van der Waals surface area contributed by atoms with E-state index in [-0.39, 0.29) is 49.7 Å². The van der Waals surface area contributed by atoms with Crippen molar-refractivity contribution in [2.24, 2.45) is 34.5 Å². The van der Waals surface area contributed by atoms with Crippen LogP contribution in [-0.4, -0.2) is 89.2 Å². The third kappa shape index (κ3) is 4.49. The molecule has 45 heavy (non-hydrogen) atoms. The first kappa shape index (κ1) is 31.2. The monoisotopic (exact) mass is 632 g/mol. The summed E-state index contributed by atoms with van der Waals surface area (Å²) >= 11 is 0. The minimum atomic E-state index is -2.03. The maximum absolute atomic E-state index is 13.4. The number of carbonyl (C=O) groups is 4. The zero-order valence-electron chi connectivity index (χ0n) is 26.3. The zero-order chi connectivity index (χ0) is 32.1. The summed E-state index contributed by atoms with van der Waals surface area (Å²) in [6.45, 7) is 6.56. The molecule has 6 fully saturated rings.